The summed E-state index contributed by atoms with van der Waals surface area (Å²) in [6, 6.07) is 0. The second kappa shape index (κ2) is 6.66. The van der Waals surface area contributed by atoms with Gasteiger partial charge in [0.25, 0.3) is 0 Å². The minimum absolute atomic E-state index is 0.0784. The molecule has 1 aliphatic rings. The number of aryl methyl sites for hydroxylation is 3. The van der Waals surface area contributed by atoms with Gasteiger partial charge in [-0.25, -0.2) is 13.1 Å². The molecule has 1 aliphatic heterocycles. The number of rotatable bonds is 5. The first-order valence-corrected chi connectivity index (χ1v) is 9.45. The van der Waals surface area contributed by atoms with Crippen molar-refractivity contribution in [2.75, 3.05) is 13.2 Å². The number of hydrogen-bond donors (Lipinski definition) is 1. The topological polar surface area (TPSA) is 91.0 Å². The molecule has 2 aromatic rings. The highest BCUT2D eigenvalue weighted by Crippen LogP contribution is 2.33. The number of aromatic nitrogens is 4. The molecule has 2 atom stereocenters. The Hall–Kier alpha value is -1.71. The molecule has 9 heteroatoms. The van der Waals surface area contributed by atoms with E-state index in [1.807, 2.05) is 13.2 Å². The Morgan fingerprint density at radius 2 is 2.12 bits per heavy atom. The summed E-state index contributed by atoms with van der Waals surface area (Å²) in [5, 5.41) is 8.28. The van der Waals surface area contributed by atoms with Gasteiger partial charge in [0.2, 0.25) is 10.0 Å². The van der Waals surface area contributed by atoms with Gasteiger partial charge in [-0.15, -0.1) is 0 Å². The van der Waals surface area contributed by atoms with E-state index in [2.05, 4.69) is 14.9 Å². The van der Waals surface area contributed by atoms with E-state index in [1.54, 1.807) is 24.9 Å². The van der Waals surface area contributed by atoms with Gasteiger partial charge in [-0.3, -0.25) is 9.36 Å². The molecular formula is C15H23N5O3S. The summed E-state index contributed by atoms with van der Waals surface area (Å²) in [5.41, 5.74) is 1.48. The molecule has 0 spiro atoms. The predicted molar refractivity (Wildman–Crippen MR) is 87.8 cm³/mol. The van der Waals surface area contributed by atoms with E-state index in [9.17, 15) is 8.42 Å². The van der Waals surface area contributed by atoms with Crippen molar-refractivity contribution >= 4 is 10.0 Å². The van der Waals surface area contributed by atoms with Gasteiger partial charge in [-0.05, 0) is 19.8 Å². The first-order chi connectivity index (χ1) is 11.4. The Morgan fingerprint density at radius 1 is 1.33 bits per heavy atom. The largest absolute Gasteiger partial charge is 0.373 e. The minimum Gasteiger partial charge on any atom is -0.373 e. The van der Waals surface area contributed by atoms with Gasteiger partial charge in [0.15, 0.2) is 0 Å². The lowest BCUT2D eigenvalue weighted by Gasteiger charge is -2.31. The highest BCUT2D eigenvalue weighted by Gasteiger charge is 2.30. The smallest absolute Gasteiger partial charge is 0.243 e. The van der Waals surface area contributed by atoms with E-state index in [-0.39, 0.29) is 16.9 Å². The standard InChI is InChI=1S/C15H23N5O3S/c1-11-14(10-20(3)18-11)24(21,22)17-8-12-5-4-6-23-15(12)13-7-16-19(2)9-13/h7,9-10,12,15,17H,4-6,8H2,1-3H3/t12-,15+/m0/s1. The van der Waals surface area contributed by atoms with Crippen molar-refractivity contribution in [2.45, 2.75) is 30.8 Å². The maximum Gasteiger partial charge on any atom is 0.243 e. The molecule has 3 heterocycles. The van der Waals surface area contributed by atoms with Crippen molar-refractivity contribution in [3.05, 3.63) is 29.8 Å². The van der Waals surface area contributed by atoms with Crippen LogP contribution in [0.2, 0.25) is 0 Å². The number of nitrogens with zero attached hydrogens (tertiary/aromatic N) is 4. The average molecular weight is 353 g/mol. The van der Waals surface area contributed by atoms with Crippen LogP contribution >= 0.6 is 0 Å². The lowest BCUT2D eigenvalue weighted by atomic mass is 9.91. The number of nitrogens with one attached hydrogen (secondary N) is 1. The molecule has 3 rings (SSSR count). The molecule has 0 bridgehead atoms. The fraction of sp³-hybridized carbons (Fsp3) is 0.600. The van der Waals surface area contributed by atoms with Crippen molar-refractivity contribution in [1.29, 1.82) is 0 Å². The Balaban J connectivity index is 1.73. The maximum absolute atomic E-state index is 12.5. The van der Waals surface area contributed by atoms with E-state index in [1.165, 1.54) is 10.9 Å². The molecule has 24 heavy (non-hydrogen) atoms. The third-order valence-corrected chi connectivity index (χ3v) is 5.82. The molecule has 0 aromatic carbocycles. The lowest BCUT2D eigenvalue weighted by molar-refractivity contribution is -0.0262. The molecule has 0 radical (unpaired) electrons. The van der Waals surface area contributed by atoms with E-state index < -0.39 is 10.0 Å². The predicted octanol–water partition coefficient (Wildman–Crippen LogP) is 0.908. The fourth-order valence-corrected chi connectivity index (χ4v) is 4.45. The van der Waals surface area contributed by atoms with E-state index in [0.717, 1.165) is 18.4 Å². The van der Waals surface area contributed by atoms with Crippen LogP contribution in [0.15, 0.2) is 23.5 Å². The molecule has 2 aromatic heterocycles. The zero-order chi connectivity index (χ0) is 17.3. The van der Waals surface area contributed by atoms with E-state index >= 15 is 0 Å². The summed E-state index contributed by atoms with van der Waals surface area (Å²) >= 11 is 0. The molecule has 132 valence electrons. The molecule has 0 amide bonds. The molecular weight excluding hydrogens is 330 g/mol. The van der Waals surface area contributed by atoms with E-state index in [0.29, 0.717) is 18.8 Å². The van der Waals surface area contributed by atoms with Crippen LogP contribution in [0.25, 0.3) is 0 Å². The zero-order valence-corrected chi connectivity index (χ0v) is 15.0. The SMILES string of the molecule is Cc1nn(C)cc1S(=O)(=O)NC[C@@H]1CCCO[C@H]1c1cnn(C)c1. The highest BCUT2D eigenvalue weighted by atomic mass is 32.2. The van der Waals surface area contributed by atoms with Crippen molar-refractivity contribution in [2.24, 2.45) is 20.0 Å². The van der Waals surface area contributed by atoms with Gasteiger partial charge < -0.3 is 4.74 Å². The molecule has 8 nitrogen and oxygen atoms in total. The molecule has 1 N–H and O–H groups in total. The van der Waals surface area contributed by atoms with Gasteiger partial charge >= 0.3 is 0 Å². The molecule has 1 saturated heterocycles. The molecule has 0 saturated carbocycles. The van der Waals surface area contributed by atoms with Gasteiger partial charge in [0.05, 0.1) is 18.0 Å². The normalized spacial score (nSPS) is 22.0. The van der Waals surface area contributed by atoms with Crippen LogP contribution in [-0.2, 0) is 28.9 Å². The number of ether oxygens (including phenoxy) is 1. The summed E-state index contributed by atoms with van der Waals surface area (Å²) in [5.74, 6) is 0.0784. The van der Waals surface area contributed by atoms with Crippen molar-refractivity contribution in [3.63, 3.8) is 0 Å². The summed E-state index contributed by atoms with van der Waals surface area (Å²) in [6.45, 7) is 2.71. The summed E-state index contributed by atoms with van der Waals surface area (Å²) < 4.78 is 36.9. The van der Waals surface area contributed by atoms with Crippen LogP contribution in [-0.4, -0.2) is 41.1 Å². The van der Waals surface area contributed by atoms with Crippen molar-refractivity contribution in [3.8, 4) is 0 Å². The van der Waals surface area contributed by atoms with Crippen LogP contribution < -0.4 is 4.72 Å². The third kappa shape index (κ3) is 3.52. The molecule has 0 aliphatic carbocycles. The minimum atomic E-state index is -3.58. The maximum atomic E-state index is 12.5. The Morgan fingerprint density at radius 3 is 2.75 bits per heavy atom. The lowest BCUT2D eigenvalue weighted by Crippen LogP contribution is -2.35. The monoisotopic (exact) mass is 353 g/mol. The first kappa shape index (κ1) is 17.1. The van der Waals surface area contributed by atoms with Crippen molar-refractivity contribution < 1.29 is 13.2 Å². The Bertz CT molecular complexity index is 811. The highest BCUT2D eigenvalue weighted by molar-refractivity contribution is 7.89. The second-order valence-corrected chi connectivity index (χ2v) is 7.98. The van der Waals surface area contributed by atoms with E-state index in [4.69, 9.17) is 4.74 Å². The average Bonchev–Trinajstić information content (AvgIpc) is 3.11. The van der Waals surface area contributed by atoms with Crippen LogP contribution in [0.4, 0.5) is 0 Å². The Labute approximate surface area is 141 Å². The number of sulfonamides is 1. The summed E-state index contributed by atoms with van der Waals surface area (Å²) in [4.78, 5) is 0.222. The van der Waals surface area contributed by atoms with Crippen molar-refractivity contribution in [1.82, 2.24) is 24.3 Å². The van der Waals surface area contributed by atoms with Gasteiger partial charge in [-0.1, -0.05) is 0 Å². The third-order valence-electron chi connectivity index (χ3n) is 4.29. The molecule has 0 unspecified atom stereocenters. The zero-order valence-electron chi connectivity index (χ0n) is 14.1. The van der Waals surface area contributed by atoms with Crippen LogP contribution in [0, 0.1) is 12.8 Å². The first-order valence-electron chi connectivity index (χ1n) is 7.97. The van der Waals surface area contributed by atoms with Crippen LogP contribution in [0.5, 0.6) is 0 Å². The second-order valence-electron chi connectivity index (χ2n) is 6.25. The van der Waals surface area contributed by atoms with Crippen LogP contribution in [0.3, 0.4) is 0 Å². The quantitative estimate of drug-likeness (QED) is 0.863. The summed E-state index contributed by atoms with van der Waals surface area (Å²) in [6.07, 6.45) is 6.92. The van der Waals surface area contributed by atoms with Gasteiger partial charge in [-0.2, -0.15) is 10.2 Å². The van der Waals surface area contributed by atoms with Gasteiger partial charge in [0, 0.05) is 51.1 Å². The van der Waals surface area contributed by atoms with Crippen LogP contribution in [0.1, 0.15) is 30.2 Å². The molecule has 1 fully saturated rings. The number of hydrogen-bond acceptors (Lipinski definition) is 5. The van der Waals surface area contributed by atoms with Gasteiger partial charge in [0.1, 0.15) is 4.90 Å². The fourth-order valence-electron chi connectivity index (χ4n) is 3.14. The summed E-state index contributed by atoms with van der Waals surface area (Å²) in [7, 11) is -0.0155. The Kier molecular flexibility index (Phi) is 4.75.